The molecule has 1 amide bonds. The van der Waals surface area contributed by atoms with Crippen molar-refractivity contribution >= 4 is 12.0 Å². The summed E-state index contributed by atoms with van der Waals surface area (Å²) in [5, 5.41) is 0. The van der Waals surface area contributed by atoms with Gasteiger partial charge in [0, 0.05) is 6.20 Å². The number of aromatic nitrogens is 3. The number of halogens is 2. The van der Waals surface area contributed by atoms with Crippen LogP contribution in [-0.2, 0) is 9.53 Å². The number of methoxy groups -OCH3 is 1. The highest BCUT2D eigenvalue weighted by Gasteiger charge is 2.33. The summed E-state index contributed by atoms with van der Waals surface area (Å²) < 4.78 is 40.4. The molecular weight excluding hydrogens is 430 g/mol. The maximum atomic E-state index is 13.6. The van der Waals surface area contributed by atoms with E-state index in [1.54, 1.807) is 32.5 Å². The second-order valence-electron chi connectivity index (χ2n) is 7.97. The van der Waals surface area contributed by atoms with Crippen molar-refractivity contribution in [3.63, 3.8) is 0 Å². The number of amides is 1. The smallest absolute Gasteiger partial charge is 0.289 e. The minimum atomic E-state index is -0.929. The lowest BCUT2D eigenvalue weighted by Gasteiger charge is -2.37. The fourth-order valence-corrected chi connectivity index (χ4v) is 3.84. The number of aryl methyl sites for hydroxylation is 1. The van der Waals surface area contributed by atoms with Crippen LogP contribution in [0.3, 0.4) is 0 Å². The summed E-state index contributed by atoms with van der Waals surface area (Å²) in [6.07, 6.45) is 4.92. The van der Waals surface area contributed by atoms with Crippen molar-refractivity contribution < 1.29 is 23.0 Å². The van der Waals surface area contributed by atoms with E-state index in [2.05, 4.69) is 9.97 Å². The van der Waals surface area contributed by atoms with Crippen LogP contribution in [0, 0.1) is 18.8 Å². The number of ether oxygens (including phenoxy) is 2. The SMILES string of the molecule is COc1cc(C=C2OC(C)CN([C@@H](C)c3cc(F)nc(F)c3)C2=O)ccc1-n1cnc(C)c1. The van der Waals surface area contributed by atoms with E-state index in [4.69, 9.17) is 9.47 Å². The second-order valence-corrected chi connectivity index (χ2v) is 7.97. The molecule has 1 unspecified atom stereocenters. The Morgan fingerprint density at radius 2 is 1.97 bits per heavy atom. The second kappa shape index (κ2) is 9.01. The van der Waals surface area contributed by atoms with Gasteiger partial charge >= 0.3 is 0 Å². The van der Waals surface area contributed by atoms with E-state index in [0.717, 1.165) is 23.5 Å². The van der Waals surface area contributed by atoms with Gasteiger partial charge in [0.15, 0.2) is 5.76 Å². The summed E-state index contributed by atoms with van der Waals surface area (Å²) in [6.45, 7) is 5.73. The minimum absolute atomic E-state index is 0.142. The maximum absolute atomic E-state index is 13.6. The molecule has 1 saturated heterocycles. The van der Waals surface area contributed by atoms with Crippen LogP contribution in [0.15, 0.2) is 48.6 Å². The average molecular weight is 454 g/mol. The average Bonchev–Trinajstić information content (AvgIpc) is 3.20. The Labute approximate surface area is 190 Å². The Hall–Kier alpha value is -3.75. The zero-order valence-corrected chi connectivity index (χ0v) is 18.8. The van der Waals surface area contributed by atoms with Crippen molar-refractivity contribution in [2.75, 3.05) is 13.7 Å². The predicted octanol–water partition coefficient (Wildman–Crippen LogP) is 4.21. The van der Waals surface area contributed by atoms with Gasteiger partial charge in [-0.05, 0) is 62.2 Å². The molecule has 1 aliphatic rings. The molecule has 0 aliphatic carbocycles. The predicted molar refractivity (Wildman–Crippen MR) is 118 cm³/mol. The largest absolute Gasteiger partial charge is 0.495 e. The van der Waals surface area contributed by atoms with Gasteiger partial charge in [-0.1, -0.05) is 6.07 Å². The highest BCUT2D eigenvalue weighted by molar-refractivity contribution is 5.96. The molecule has 0 radical (unpaired) electrons. The van der Waals surface area contributed by atoms with Crippen LogP contribution in [-0.4, -0.2) is 45.1 Å². The van der Waals surface area contributed by atoms with Crippen molar-refractivity contribution in [1.29, 1.82) is 0 Å². The highest BCUT2D eigenvalue weighted by Crippen LogP contribution is 2.30. The van der Waals surface area contributed by atoms with Gasteiger partial charge in [-0.2, -0.15) is 13.8 Å². The molecule has 0 saturated carbocycles. The third kappa shape index (κ3) is 4.72. The molecule has 33 heavy (non-hydrogen) atoms. The molecule has 7 nitrogen and oxygen atoms in total. The van der Waals surface area contributed by atoms with E-state index >= 15 is 0 Å². The molecule has 9 heteroatoms. The van der Waals surface area contributed by atoms with Gasteiger partial charge in [0.25, 0.3) is 5.91 Å². The Morgan fingerprint density at radius 3 is 2.61 bits per heavy atom. The number of morpholine rings is 1. The fraction of sp³-hybridized carbons (Fsp3) is 0.292. The summed E-state index contributed by atoms with van der Waals surface area (Å²) >= 11 is 0. The normalized spacial score (nSPS) is 18.4. The van der Waals surface area contributed by atoms with Crippen LogP contribution >= 0.6 is 0 Å². The topological polar surface area (TPSA) is 69.5 Å². The lowest BCUT2D eigenvalue weighted by molar-refractivity contribution is -0.141. The third-order valence-electron chi connectivity index (χ3n) is 5.48. The molecule has 1 aliphatic heterocycles. The van der Waals surface area contributed by atoms with Crippen LogP contribution in [0.4, 0.5) is 8.78 Å². The third-order valence-corrected chi connectivity index (χ3v) is 5.48. The number of rotatable bonds is 5. The van der Waals surface area contributed by atoms with E-state index in [1.165, 1.54) is 4.90 Å². The molecule has 1 fully saturated rings. The lowest BCUT2D eigenvalue weighted by Crippen LogP contribution is -2.45. The molecule has 172 valence electrons. The number of imidazole rings is 1. The Morgan fingerprint density at radius 1 is 1.24 bits per heavy atom. The zero-order chi connectivity index (χ0) is 23.7. The Kier molecular flexibility index (Phi) is 6.13. The van der Waals surface area contributed by atoms with Gasteiger partial charge in [-0.25, -0.2) is 4.98 Å². The van der Waals surface area contributed by atoms with Crippen LogP contribution in [0.2, 0.25) is 0 Å². The molecule has 4 rings (SSSR count). The molecule has 3 heterocycles. The maximum Gasteiger partial charge on any atom is 0.289 e. The highest BCUT2D eigenvalue weighted by atomic mass is 19.1. The van der Waals surface area contributed by atoms with Crippen LogP contribution in [0.5, 0.6) is 5.75 Å². The number of carbonyl (C=O) groups excluding carboxylic acids is 1. The van der Waals surface area contributed by atoms with Crippen LogP contribution in [0.1, 0.15) is 36.7 Å². The standard InChI is InChI=1S/C24H24F2N4O3/c1-14-11-29(13-27-14)19-6-5-17(7-20(19)32-4)8-21-24(31)30(12-15(2)33-21)16(3)18-9-22(25)28-23(26)10-18/h5-11,13,15-16H,12H2,1-4H3/t15?,16-/m0/s1. The van der Waals surface area contributed by atoms with Crippen molar-refractivity contribution in [3.05, 3.63) is 77.3 Å². The van der Waals surface area contributed by atoms with Crippen LogP contribution in [0.25, 0.3) is 11.8 Å². The van der Waals surface area contributed by atoms with Crippen molar-refractivity contribution in [3.8, 4) is 11.4 Å². The number of nitrogens with zero attached hydrogens (tertiary/aromatic N) is 4. The molecule has 0 bridgehead atoms. The number of hydrogen-bond donors (Lipinski definition) is 0. The quantitative estimate of drug-likeness (QED) is 0.427. The number of carbonyl (C=O) groups is 1. The minimum Gasteiger partial charge on any atom is -0.495 e. The molecule has 0 N–H and O–H groups in total. The summed E-state index contributed by atoms with van der Waals surface area (Å²) in [5.41, 5.74) is 2.71. The van der Waals surface area contributed by atoms with E-state index < -0.39 is 17.9 Å². The Balaban J connectivity index is 1.64. The lowest BCUT2D eigenvalue weighted by atomic mass is 10.1. The van der Waals surface area contributed by atoms with Crippen molar-refractivity contribution in [2.24, 2.45) is 0 Å². The molecule has 3 aromatic rings. The van der Waals surface area contributed by atoms with E-state index in [0.29, 0.717) is 16.9 Å². The molecule has 2 atom stereocenters. The van der Waals surface area contributed by atoms with Gasteiger partial charge in [0.2, 0.25) is 11.9 Å². The van der Waals surface area contributed by atoms with Gasteiger partial charge < -0.3 is 18.9 Å². The first-order valence-corrected chi connectivity index (χ1v) is 10.5. The summed E-state index contributed by atoms with van der Waals surface area (Å²) in [5.74, 6) is -1.48. The van der Waals surface area contributed by atoms with Gasteiger partial charge in [0.05, 0.1) is 37.4 Å². The summed E-state index contributed by atoms with van der Waals surface area (Å²) in [4.78, 5) is 22.1. The zero-order valence-electron chi connectivity index (χ0n) is 18.8. The van der Waals surface area contributed by atoms with Crippen molar-refractivity contribution in [1.82, 2.24) is 19.4 Å². The van der Waals surface area contributed by atoms with Crippen LogP contribution < -0.4 is 4.74 Å². The van der Waals surface area contributed by atoms with E-state index in [9.17, 15) is 13.6 Å². The fourth-order valence-electron chi connectivity index (χ4n) is 3.84. The van der Waals surface area contributed by atoms with Gasteiger partial charge in [0.1, 0.15) is 11.9 Å². The molecule has 2 aromatic heterocycles. The first-order chi connectivity index (χ1) is 15.7. The molecule has 1 aromatic carbocycles. The Bertz CT molecular complexity index is 1200. The number of benzene rings is 1. The van der Waals surface area contributed by atoms with Gasteiger partial charge in [-0.15, -0.1) is 0 Å². The van der Waals surface area contributed by atoms with Gasteiger partial charge in [-0.3, -0.25) is 4.79 Å². The summed E-state index contributed by atoms with van der Waals surface area (Å²) in [7, 11) is 1.57. The molecular formula is C24H24F2N4O3. The summed E-state index contributed by atoms with van der Waals surface area (Å²) in [6, 6.07) is 7.21. The van der Waals surface area contributed by atoms with E-state index in [-0.39, 0.29) is 24.3 Å². The number of hydrogen-bond acceptors (Lipinski definition) is 5. The first kappa shape index (κ1) is 22.4. The molecule has 0 spiro atoms. The first-order valence-electron chi connectivity index (χ1n) is 10.5. The van der Waals surface area contributed by atoms with Crippen molar-refractivity contribution in [2.45, 2.75) is 32.9 Å². The monoisotopic (exact) mass is 454 g/mol. The van der Waals surface area contributed by atoms with E-state index in [1.807, 2.05) is 36.7 Å². The number of pyridine rings is 1.